The zero-order valence-corrected chi connectivity index (χ0v) is 9.73. The summed E-state index contributed by atoms with van der Waals surface area (Å²) in [6.07, 6.45) is 0. The van der Waals surface area contributed by atoms with Gasteiger partial charge in [-0.15, -0.1) is 12.6 Å². The van der Waals surface area contributed by atoms with E-state index in [0.29, 0.717) is 12.1 Å². The van der Waals surface area contributed by atoms with Gasteiger partial charge in [-0.1, -0.05) is 0 Å². The Kier molecular flexibility index (Phi) is 4.68. The lowest BCUT2D eigenvalue weighted by Crippen LogP contribution is -2.26. The van der Waals surface area contributed by atoms with Crippen molar-refractivity contribution >= 4 is 24.3 Å². The molecular weight excluding hydrogens is 255 g/mol. The number of benzene rings is 1. The van der Waals surface area contributed by atoms with Gasteiger partial charge in [-0.2, -0.15) is 0 Å². The first-order valence-corrected chi connectivity index (χ1v) is 5.23. The minimum absolute atomic E-state index is 0.137. The summed E-state index contributed by atoms with van der Waals surface area (Å²) >= 11 is 3.81. The molecule has 0 aromatic heterocycles. The van der Waals surface area contributed by atoms with Crippen LogP contribution in [0.15, 0.2) is 12.1 Å². The highest BCUT2D eigenvalue weighted by Gasteiger charge is 2.18. The minimum Gasteiger partial charge on any atom is -0.464 e. The molecule has 0 fully saturated rings. The molecule has 0 radical (unpaired) electrons. The number of ether oxygens (including phenoxy) is 1. The van der Waals surface area contributed by atoms with Crippen molar-refractivity contribution in [3.63, 3.8) is 0 Å². The van der Waals surface area contributed by atoms with Gasteiger partial charge in [-0.25, -0.2) is 18.0 Å². The number of hydrogen-bond acceptors (Lipinski definition) is 4. The van der Waals surface area contributed by atoms with Crippen LogP contribution in [0.25, 0.3) is 0 Å². The van der Waals surface area contributed by atoms with Crippen LogP contribution in [-0.4, -0.2) is 18.0 Å². The number of esters is 1. The Morgan fingerprint density at radius 1 is 1.35 bits per heavy atom. The lowest BCUT2D eigenvalue weighted by Gasteiger charge is -2.13. The summed E-state index contributed by atoms with van der Waals surface area (Å²) in [4.78, 5) is 11.2. The number of anilines is 1. The van der Waals surface area contributed by atoms with Gasteiger partial charge in [-0.05, 0) is 6.92 Å². The highest BCUT2D eigenvalue weighted by Crippen LogP contribution is 2.20. The van der Waals surface area contributed by atoms with E-state index in [4.69, 9.17) is 0 Å². The summed E-state index contributed by atoms with van der Waals surface area (Å²) in [6.45, 7) is 1.73. The number of halogens is 3. The molecule has 1 N–H and O–H groups in total. The van der Waals surface area contributed by atoms with Crippen molar-refractivity contribution in [3.8, 4) is 0 Å². The fourth-order valence-corrected chi connectivity index (χ4v) is 1.27. The van der Waals surface area contributed by atoms with Crippen molar-refractivity contribution in [2.75, 3.05) is 11.9 Å². The summed E-state index contributed by atoms with van der Waals surface area (Å²) in [7, 11) is 0. The SMILES string of the molecule is CCOC(=O)C(S)Nc1cc(F)c(F)cc1F. The molecule has 1 rings (SSSR count). The highest BCUT2D eigenvalue weighted by atomic mass is 32.1. The van der Waals surface area contributed by atoms with Crippen molar-refractivity contribution in [2.45, 2.75) is 12.3 Å². The van der Waals surface area contributed by atoms with Gasteiger partial charge < -0.3 is 10.1 Å². The van der Waals surface area contributed by atoms with Gasteiger partial charge in [0.1, 0.15) is 5.82 Å². The van der Waals surface area contributed by atoms with Crippen LogP contribution in [0.5, 0.6) is 0 Å². The molecule has 1 aromatic rings. The zero-order chi connectivity index (χ0) is 13.0. The van der Waals surface area contributed by atoms with E-state index >= 15 is 0 Å². The molecule has 0 aliphatic heterocycles. The van der Waals surface area contributed by atoms with Crippen molar-refractivity contribution in [1.29, 1.82) is 0 Å². The first kappa shape index (κ1) is 13.7. The molecule has 0 aliphatic rings. The van der Waals surface area contributed by atoms with Gasteiger partial charge in [-0.3, -0.25) is 0 Å². The fraction of sp³-hybridized carbons (Fsp3) is 0.300. The number of rotatable bonds is 4. The summed E-state index contributed by atoms with van der Waals surface area (Å²) in [6, 6.07) is 0.983. The number of hydrogen-bond donors (Lipinski definition) is 2. The topological polar surface area (TPSA) is 38.3 Å². The van der Waals surface area contributed by atoms with Crippen molar-refractivity contribution in [2.24, 2.45) is 0 Å². The van der Waals surface area contributed by atoms with E-state index in [-0.39, 0.29) is 12.3 Å². The Labute approximate surface area is 101 Å². The van der Waals surface area contributed by atoms with Gasteiger partial charge in [0.15, 0.2) is 17.0 Å². The number of thiol groups is 1. The molecule has 1 atom stereocenters. The molecule has 0 bridgehead atoms. The van der Waals surface area contributed by atoms with Gasteiger partial charge in [0.2, 0.25) is 0 Å². The van der Waals surface area contributed by atoms with Crippen LogP contribution in [-0.2, 0) is 9.53 Å². The third-order valence-electron chi connectivity index (χ3n) is 1.81. The van der Waals surface area contributed by atoms with Crippen molar-refractivity contribution in [1.82, 2.24) is 0 Å². The first-order chi connectivity index (χ1) is 7.95. The summed E-state index contributed by atoms with van der Waals surface area (Å²) in [5.41, 5.74) is -0.364. The maximum Gasteiger partial charge on any atom is 0.338 e. The van der Waals surface area contributed by atoms with Crippen LogP contribution in [0.1, 0.15) is 6.92 Å². The molecule has 17 heavy (non-hydrogen) atoms. The van der Waals surface area contributed by atoms with Gasteiger partial charge in [0, 0.05) is 12.1 Å². The lowest BCUT2D eigenvalue weighted by molar-refractivity contribution is -0.141. The molecule has 1 aromatic carbocycles. The van der Waals surface area contributed by atoms with Crippen LogP contribution in [0.2, 0.25) is 0 Å². The van der Waals surface area contributed by atoms with E-state index in [2.05, 4.69) is 22.7 Å². The monoisotopic (exact) mass is 265 g/mol. The molecule has 0 saturated heterocycles. The van der Waals surface area contributed by atoms with Crippen molar-refractivity contribution in [3.05, 3.63) is 29.6 Å². The second-order valence-electron chi connectivity index (χ2n) is 3.05. The Hall–Kier alpha value is -1.37. The third kappa shape index (κ3) is 3.55. The van der Waals surface area contributed by atoms with Crippen LogP contribution >= 0.6 is 12.6 Å². The highest BCUT2D eigenvalue weighted by molar-refractivity contribution is 7.81. The molecule has 94 valence electrons. The van der Waals surface area contributed by atoms with Gasteiger partial charge in [0.25, 0.3) is 0 Å². The predicted molar refractivity (Wildman–Crippen MR) is 59.3 cm³/mol. The average Bonchev–Trinajstić information content (AvgIpc) is 2.26. The van der Waals surface area contributed by atoms with E-state index in [9.17, 15) is 18.0 Å². The van der Waals surface area contributed by atoms with E-state index < -0.39 is 28.8 Å². The smallest absolute Gasteiger partial charge is 0.338 e. The largest absolute Gasteiger partial charge is 0.464 e. The molecule has 3 nitrogen and oxygen atoms in total. The van der Waals surface area contributed by atoms with Crippen LogP contribution < -0.4 is 5.32 Å². The molecular formula is C10H10F3NO2S. The first-order valence-electron chi connectivity index (χ1n) is 4.71. The Balaban J connectivity index is 2.81. The Morgan fingerprint density at radius 2 is 1.94 bits per heavy atom. The fourth-order valence-electron chi connectivity index (χ4n) is 1.06. The zero-order valence-electron chi connectivity index (χ0n) is 8.84. The van der Waals surface area contributed by atoms with Crippen molar-refractivity contribution < 1.29 is 22.7 Å². The third-order valence-corrected chi connectivity index (χ3v) is 2.15. The average molecular weight is 265 g/mol. The number of carbonyl (C=O) groups is 1. The van der Waals surface area contributed by atoms with E-state index in [1.54, 1.807) is 6.92 Å². The number of carbonyl (C=O) groups excluding carboxylic acids is 1. The Bertz CT molecular complexity index is 428. The summed E-state index contributed by atoms with van der Waals surface area (Å²) in [5.74, 6) is -4.29. The van der Waals surface area contributed by atoms with Crippen LogP contribution in [0, 0.1) is 17.5 Å². The molecule has 0 aliphatic carbocycles. The van der Waals surface area contributed by atoms with E-state index in [1.165, 1.54) is 0 Å². The van der Waals surface area contributed by atoms with Crippen LogP contribution in [0.4, 0.5) is 18.9 Å². The van der Waals surface area contributed by atoms with Crippen LogP contribution in [0.3, 0.4) is 0 Å². The summed E-state index contributed by atoms with van der Waals surface area (Å²) in [5, 5.41) is 1.11. The second kappa shape index (κ2) is 5.81. The molecule has 7 heteroatoms. The minimum atomic E-state index is -1.31. The van der Waals surface area contributed by atoms with Gasteiger partial charge in [0.05, 0.1) is 12.3 Å². The maximum absolute atomic E-state index is 13.2. The second-order valence-corrected chi connectivity index (χ2v) is 3.56. The quantitative estimate of drug-likeness (QED) is 0.380. The standard InChI is InChI=1S/C10H10F3NO2S/c1-2-16-10(15)9(17)14-8-4-6(12)5(11)3-7(8)13/h3-4,9,14,17H,2H2,1H3. The predicted octanol–water partition coefficient (Wildman–Crippen LogP) is 2.33. The Morgan fingerprint density at radius 3 is 2.53 bits per heavy atom. The number of nitrogens with one attached hydrogen (secondary N) is 1. The van der Waals surface area contributed by atoms with Gasteiger partial charge >= 0.3 is 5.97 Å². The normalized spacial score (nSPS) is 12.1. The molecule has 0 saturated carbocycles. The molecule has 0 amide bonds. The summed E-state index contributed by atoms with van der Waals surface area (Å²) < 4.78 is 43.2. The molecule has 0 heterocycles. The molecule has 0 spiro atoms. The molecule has 1 unspecified atom stereocenters. The lowest BCUT2D eigenvalue weighted by atomic mass is 10.3. The maximum atomic E-state index is 13.2. The van der Waals surface area contributed by atoms with E-state index in [0.717, 1.165) is 0 Å². The van der Waals surface area contributed by atoms with E-state index in [1.807, 2.05) is 0 Å².